The van der Waals surface area contributed by atoms with Gasteiger partial charge in [0.05, 0.1) is 6.61 Å². The van der Waals surface area contributed by atoms with Gasteiger partial charge in [0.15, 0.2) is 0 Å². The van der Waals surface area contributed by atoms with Crippen molar-refractivity contribution in [1.29, 1.82) is 0 Å². The number of ether oxygens (including phenoxy) is 1. The van der Waals surface area contributed by atoms with Crippen LogP contribution in [0.2, 0.25) is 0 Å². The second-order valence-corrected chi connectivity index (χ2v) is 8.18. The van der Waals surface area contributed by atoms with Crippen molar-refractivity contribution in [3.05, 3.63) is 0 Å². The minimum absolute atomic E-state index is 0.0252. The summed E-state index contributed by atoms with van der Waals surface area (Å²) >= 11 is 0. The van der Waals surface area contributed by atoms with Gasteiger partial charge in [0.1, 0.15) is 0 Å². The molecule has 148 valence electrons. The molecule has 1 saturated carbocycles. The number of carbonyl (C=O) groups is 1. The van der Waals surface area contributed by atoms with Crippen LogP contribution in [0.4, 0.5) is 0 Å². The van der Waals surface area contributed by atoms with Crippen molar-refractivity contribution >= 4 is 5.97 Å². The van der Waals surface area contributed by atoms with E-state index in [1.165, 1.54) is 109 Å². The molecule has 0 saturated heterocycles. The summed E-state index contributed by atoms with van der Waals surface area (Å²) in [5.41, 5.74) is 0. The van der Waals surface area contributed by atoms with Crippen LogP contribution in [0.3, 0.4) is 0 Å². The number of esters is 1. The van der Waals surface area contributed by atoms with Crippen LogP contribution >= 0.6 is 0 Å². The number of hydrogen-bond donors (Lipinski definition) is 0. The van der Waals surface area contributed by atoms with Crippen LogP contribution in [0.25, 0.3) is 0 Å². The predicted octanol–water partition coefficient (Wildman–Crippen LogP) is 7.59. The second-order valence-electron chi connectivity index (χ2n) is 8.18. The predicted molar refractivity (Wildman–Crippen MR) is 108 cm³/mol. The number of carbonyl (C=O) groups excluding carboxylic acids is 1. The zero-order valence-corrected chi connectivity index (χ0v) is 17.0. The van der Waals surface area contributed by atoms with Gasteiger partial charge < -0.3 is 4.74 Å². The Morgan fingerprint density at radius 3 is 1.48 bits per heavy atom. The molecule has 0 unspecified atom stereocenters. The highest BCUT2D eigenvalue weighted by molar-refractivity contribution is 5.69. The van der Waals surface area contributed by atoms with Crippen molar-refractivity contribution in [2.24, 2.45) is 5.92 Å². The molecule has 1 fully saturated rings. The molecule has 0 aromatic rings. The van der Waals surface area contributed by atoms with E-state index in [1.807, 2.05) is 0 Å². The summed E-state index contributed by atoms with van der Waals surface area (Å²) in [4.78, 5) is 11.5. The highest BCUT2D eigenvalue weighted by atomic mass is 16.5. The Hall–Kier alpha value is -0.530. The quantitative estimate of drug-likeness (QED) is 0.177. The molecule has 1 aliphatic rings. The standard InChI is InChI=1S/C23H44O2/c1-2-3-4-5-6-7-8-9-10-11-12-13-14-15-16-17-18-23(24)25-21-22-19-20-22/h22H,2-21H2,1H3. The van der Waals surface area contributed by atoms with E-state index in [4.69, 9.17) is 4.74 Å². The Labute approximate surface area is 157 Å². The number of hydrogen-bond acceptors (Lipinski definition) is 2. The molecule has 0 aromatic heterocycles. The maximum Gasteiger partial charge on any atom is 0.305 e. The van der Waals surface area contributed by atoms with Gasteiger partial charge in [-0.2, -0.15) is 0 Å². The van der Waals surface area contributed by atoms with Crippen LogP contribution in [-0.2, 0) is 9.53 Å². The van der Waals surface area contributed by atoms with Crippen LogP contribution in [0.5, 0.6) is 0 Å². The maximum absolute atomic E-state index is 11.5. The molecule has 0 atom stereocenters. The van der Waals surface area contributed by atoms with Crippen LogP contribution < -0.4 is 0 Å². The average molecular weight is 353 g/mol. The van der Waals surface area contributed by atoms with Crippen molar-refractivity contribution in [2.45, 2.75) is 129 Å². The van der Waals surface area contributed by atoms with Crippen molar-refractivity contribution in [3.63, 3.8) is 0 Å². The third-order valence-corrected chi connectivity index (χ3v) is 5.41. The van der Waals surface area contributed by atoms with Gasteiger partial charge in [-0.3, -0.25) is 4.79 Å². The molecule has 0 N–H and O–H groups in total. The first-order valence-corrected chi connectivity index (χ1v) is 11.5. The highest BCUT2D eigenvalue weighted by Gasteiger charge is 2.22. The van der Waals surface area contributed by atoms with Crippen molar-refractivity contribution in [1.82, 2.24) is 0 Å². The zero-order valence-electron chi connectivity index (χ0n) is 17.0. The Balaban J connectivity index is 1.65. The Morgan fingerprint density at radius 1 is 0.680 bits per heavy atom. The SMILES string of the molecule is CCCCCCCCCCCCCCCCCCC(=O)OCC1CC1. The molecule has 0 aromatic carbocycles. The lowest BCUT2D eigenvalue weighted by atomic mass is 10.0. The minimum atomic E-state index is 0.0252. The largest absolute Gasteiger partial charge is 0.465 e. The van der Waals surface area contributed by atoms with E-state index >= 15 is 0 Å². The molecule has 0 spiro atoms. The van der Waals surface area contributed by atoms with Gasteiger partial charge in [0.2, 0.25) is 0 Å². The fourth-order valence-electron chi connectivity index (χ4n) is 3.38. The Bertz CT molecular complexity index is 296. The average Bonchev–Trinajstić information content (AvgIpc) is 3.44. The van der Waals surface area contributed by atoms with E-state index in [1.54, 1.807) is 0 Å². The molecule has 0 amide bonds. The first kappa shape index (κ1) is 22.5. The lowest BCUT2D eigenvalue weighted by Gasteiger charge is -2.04. The molecule has 0 radical (unpaired) electrons. The van der Waals surface area contributed by atoms with E-state index in [0.717, 1.165) is 6.42 Å². The third-order valence-electron chi connectivity index (χ3n) is 5.41. The summed E-state index contributed by atoms with van der Waals surface area (Å²) in [5, 5.41) is 0. The minimum Gasteiger partial charge on any atom is -0.465 e. The van der Waals surface area contributed by atoms with Gasteiger partial charge in [0, 0.05) is 6.42 Å². The molecular weight excluding hydrogens is 308 g/mol. The fourth-order valence-corrected chi connectivity index (χ4v) is 3.38. The monoisotopic (exact) mass is 352 g/mol. The zero-order chi connectivity index (χ0) is 18.0. The van der Waals surface area contributed by atoms with E-state index in [2.05, 4.69) is 6.92 Å². The van der Waals surface area contributed by atoms with Gasteiger partial charge in [-0.25, -0.2) is 0 Å². The molecular formula is C23H44O2. The number of unbranched alkanes of at least 4 members (excludes halogenated alkanes) is 15. The Morgan fingerprint density at radius 2 is 1.08 bits per heavy atom. The summed E-state index contributed by atoms with van der Waals surface area (Å²) in [7, 11) is 0. The van der Waals surface area contributed by atoms with Crippen molar-refractivity contribution < 1.29 is 9.53 Å². The molecule has 1 rings (SSSR count). The maximum atomic E-state index is 11.5. The van der Waals surface area contributed by atoms with E-state index in [0.29, 0.717) is 18.9 Å². The summed E-state index contributed by atoms with van der Waals surface area (Å²) in [5.74, 6) is 0.715. The first-order chi connectivity index (χ1) is 12.3. The van der Waals surface area contributed by atoms with E-state index in [9.17, 15) is 4.79 Å². The highest BCUT2D eigenvalue weighted by Crippen LogP contribution is 2.28. The third kappa shape index (κ3) is 16.7. The van der Waals surface area contributed by atoms with Gasteiger partial charge in [0.25, 0.3) is 0 Å². The molecule has 0 aliphatic heterocycles. The molecule has 0 heterocycles. The second kappa shape index (κ2) is 16.9. The van der Waals surface area contributed by atoms with Gasteiger partial charge in [-0.1, -0.05) is 103 Å². The van der Waals surface area contributed by atoms with E-state index < -0.39 is 0 Å². The molecule has 1 aliphatic carbocycles. The van der Waals surface area contributed by atoms with Crippen LogP contribution in [0.1, 0.15) is 129 Å². The summed E-state index contributed by atoms with van der Waals surface area (Å²) in [6, 6.07) is 0. The van der Waals surface area contributed by atoms with Crippen molar-refractivity contribution in [2.75, 3.05) is 6.61 Å². The summed E-state index contributed by atoms with van der Waals surface area (Å²) < 4.78 is 5.25. The van der Waals surface area contributed by atoms with Crippen LogP contribution in [-0.4, -0.2) is 12.6 Å². The van der Waals surface area contributed by atoms with Gasteiger partial charge >= 0.3 is 5.97 Å². The van der Waals surface area contributed by atoms with Gasteiger partial charge in [-0.05, 0) is 25.2 Å². The Kier molecular flexibility index (Phi) is 15.2. The normalized spacial score (nSPS) is 14.0. The van der Waals surface area contributed by atoms with Crippen LogP contribution in [0.15, 0.2) is 0 Å². The first-order valence-electron chi connectivity index (χ1n) is 11.5. The van der Waals surface area contributed by atoms with E-state index in [-0.39, 0.29) is 5.97 Å². The lowest BCUT2D eigenvalue weighted by molar-refractivity contribution is -0.144. The van der Waals surface area contributed by atoms with Gasteiger partial charge in [-0.15, -0.1) is 0 Å². The smallest absolute Gasteiger partial charge is 0.305 e. The molecule has 25 heavy (non-hydrogen) atoms. The topological polar surface area (TPSA) is 26.3 Å². The number of rotatable bonds is 19. The van der Waals surface area contributed by atoms with Crippen LogP contribution in [0, 0.1) is 5.92 Å². The lowest BCUT2D eigenvalue weighted by Crippen LogP contribution is -2.06. The fraction of sp³-hybridized carbons (Fsp3) is 0.957. The molecule has 2 heteroatoms. The molecule has 2 nitrogen and oxygen atoms in total. The van der Waals surface area contributed by atoms with Crippen molar-refractivity contribution in [3.8, 4) is 0 Å². The molecule has 0 bridgehead atoms. The summed E-state index contributed by atoms with van der Waals surface area (Å²) in [6.45, 7) is 2.96. The summed E-state index contributed by atoms with van der Waals surface area (Å²) in [6.07, 6.45) is 25.1.